The van der Waals surface area contributed by atoms with Crippen molar-refractivity contribution < 1.29 is 0 Å². The first kappa shape index (κ1) is 12.2. The van der Waals surface area contributed by atoms with Crippen LogP contribution in [0.1, 0.15) is 41.1 Å². The highest BCUT2D eigenvalue weighted by Crippen LogP contribution is 2.31. The lowest BCUT2D eigenvalue weighted by Crippen LogP contribution is -1.95. The molecule has 1 unspecified atom stereocenters. The molecule has 0 N–H and O–H groups in total. The Balaban J connectivity index is 1.89. The van der Waals surface area contributed by atoms with Gasteiger partial charge in [-0.15, -0.1) is 0 Å². The van der Waals surface area contributed by atoms with E-state index in [0.717, 1.165) is 12.8 Å². The molecule has 0 aliphatic carbocycles. The topological polar surface area (TPSA) is 12.4 Å². The zero-order valence-corrected chi connectivity index (χ0v) is 11.6. The zero-order valence-electron chi connectivity index (χ0n) is 11.6. The van der Waals surface area contributed by atoms with Gasteiger partial charge in [0.1, 0.15) is 0 Å². The Kier molecular flexibility index (Phi) is 3.20. The average molecular weight is 249 g/mol. The molecule has 3 rings (SSSR count). The quantitative estimate of drug-likeness (QED) is 0.736. The van der Waals surface area contributed by atoms with Crippen LogP contribution in [-0.4, -0.2) is 5.71 Å². The van der Waals surface area contributed by atoms with Gasteiger partial charge >= 0.3 is 0 Å². The van der Waals surface area contributed by atoms with Crippen LogP contribution in [0.2, 0.25) is 0 Å². The number of aliphatic imine (C=N–C) groups is 1. The van der Waals surface area contributed by atoms with Crippen molar-refractivity contribution in [2.75, 3.05) is 0 Å². The fourth-order valence-corrected chi connectivity index (χ4v) is 2.75. The fourth-order valence-electron chi connectivity index (χ4n) is 2.75. The summed E-state index contributed by atoms with van der Waals surface area (Å²) in [6.45, 7) is 4.28. The molecular formula is C18H19N. The molecule has 96 valence electrons. The fraction of sp³-hybridized carbons (Fsp3) is 0.278. The highest BCUT2D eigenvalue weighted by molar-refractivity contribution is 6.01. The summed E-state index contributed by atoms with van der Waals surface area (Å²) in [4.78, 5) is 4.93. The third kappa shape index (κ3) is 2.60. The van der Waals surface area contributed by atoms with Crippen LogP contribution in [0.15, 0.2) is 53.5 Å². The average Bonchev–Trinajstić information content (AvgIpc) is 2.88. The van der Waals surface area contributed by atoms with Crippen LogP contribution in [0.25, 0.3) is 0 Å². The van der Waals surface area contributed by atoms with Gasteiger partial charge in [-0.25, -0.2) is 0 Å². The molecule has 0 spiro atoms. The number of aryl methyl sites for hydroxylation is 2. The Labute approximate surface area is 115 Å². The normalized spacial score (nSPS) is 18.4. The van der Waals surface area contributed by atoms with Crippen LogP contribution in [-0.2, 0) is 0 Å². The van der Waals surface area contributed by atoms with Crippen LogP contribution in [0, 0.1) is 13.8 Å². The molecule has 1 heterocycles. The SMILES string of the molecule is Cc1cccc(C2=NC(c3cccc(C)c3)CC2)c1. The molecular weight excluding hydrogens is 230 g/mol. The van der Waals surface area contributed by atoms with Gasteiger partial charge in [-0.05, 0) is 37.8 Å². The minimum atomic E-state index is 0.343. The molecule has 0 saturated heterocycles. The van der Waals surface area contributed by atoms with E-state index in [4.69, 9.17) is 4.99 Å². The molecule has 19 heavy (non-hydrogen) atoms. The van der Waals surface area contributed by atoms with E-state index in [2.05, 4.69) is 62.4 Å². The highest BCUT2D eigenvalue weighted by Gasteiger charge is 2.20. The van der Waals surface area contributed by atoms with Crippen molar-refractivity contribution in [3.05, 3.63) is 70.8 Å². The Morgan fingerprint density at radius 2 is 1.68 bits per heavy atom. The molecule has 0 saturated carbocycles. The van der Waals surface area contributed by atoms with Crippen LogP contribution in [0.4, 0.5) is 0 Å². The van der Waals surface area contributed by atoms with Crippen molar-refractivity contribution >= 4 is 5.71 Å². The summed E-state index contributed by atoms with van der Waals surface area (Å²) < 4.78 is 0. The van der Waals surface area contributed by atoms with Gasteiger partial charge in [0, 0.05) is 5.71 Å². The van der Waals surface area contributed by atoms with Crippen LogP contribution < -0.4 is 0 Å². The monoisotopic (exact) mass is 249 g/mol. The molecule has 1 nitrogen and oxygen atoms in total. The second-order valence-corrected chi connectivity index (χ2v) is 5.41. The van der Waals surface area contributed by atoms with Gasteiger partial charge in [0.2, 0.25) is 0 Å². The molecule has 0 radical (unpaired) electrons. The highest BCUT2D eigenvalue weighted by atomic mass is 14.8. The summed E-state index contributed by atoms with van der Waals surface area (Å²) in [5.74, 6) is 0. The van der Waals surface area contributed by atoms with Crippen molar-refractivity contribution in [3.63, 3.8) is 0 Å². The summed E-state index contributed by atoms with van der Waals surface area (Å²) in [7, 11) is 0. The van der Waals surface area contributed by atoms with Gasteiger partial charge < -0.3 is 0 Å². The Hall–Kier alpha value is -1.89. The van der Waals surface area contributed by atoms with Gasteiger partial charge in [0.15, 0.2) is 0 Å². The standard InChI is InChI=1S/C18H19N/c1-13-5-3-7-15(11-13)17-9-10-18(19-17)16-8-4-6-14(2)12-16/h3-8,11-12,17H,9-10H2,1-2H3. The molecule has 1 atom stereocenters. The maximum atomic E-state index is 4.93. The van der Waals surface area contributed by atoms with Crippen molar-refractivity contribution in [1.82, 2.24) is 0 Å². The number of benzene rings is 2. The molecule has 2 aromatic carbocycles. The Bertz CT molecular complexity index is 625. The lowest BCUT2D eigenvalue weighted by Gasteiger charge is -2.07. The molecule has 0 fully saturated rings. The first-order chi connectivity index (χ1) is 9.22. The summed E-state index contributed by atoms with van der Waals surface area (Å²) >= 11 is 0. The van der Waals surface area contributed by atoms with Gasteiger partial charge in [-0.2, -0.15) is 0 Å². The maximum absolute atomic E-state index is 4.93. The predicted octanol–water partition coefficient (Wildman–Crippen LogP) is 4.63. The van der Waals surface area contributed by atoms with E-state index in [1.807, 2.05) is 0 Å². The van der Waals surface area contributed by atoms with Crippen molar-refractivity contribution in [2.45, 2.75) is 32.7 Å². The molecule has 1 aliphatic heterocycles. The number of hydrogen-bond acceptors (Lipinski definition) is 1. The smallest absolute Gasteiger partial charge is 0.0756 e. The van der Waals surface area contributed by atoms with Crippen LogP contribution in [0.5, 0.6) is 0 Å². The molecule has 1 heteroatoms. The molecule has 2 aromatic rings. The lowest BCUT2D eigenvalue weighted by molar-refractivity contribution is 0.722. The number of rotatable bonds is 2. The Morgan fingerprint density at radius 1 is 0.947 bits per heavy atom. The third-order valence-corrected chi connectivity index (χ3v) is 3.74. The van der Waals surface area contributed by atoms with Gasteiger partial charge in [-0.3, -0.25) is 4.99 Å². The molecule has 0 amide bonds. The third-order valence-electron chi connectivity index (χ3n) is 3.74. The second kappa shape index (κ2) is 5.00. The van der Waals surface area contributed by atoms with Gasteiger partial charge in [0.05, 0.1) is 6.04 Å². The maximum Gasteiger partial charge on any atom is 0.0756 e. The minimum Gasteiger partial charge on any atom is -0.281 e. The predicted molar refractivity (Wildman–Crippen MR) is 80.9 cm³/mol. The zero-order chi connectivity index (χ0) is 13.2. The second-order valence-electron chi connectivity index (χ2n) is 5.41. The first-order valence-corrected chi connectivity index (χ1v) is 6.93. The summed E-state index contributed by atoms with van der Waals surface area (Å²) in [5.41, 5.74) is 6.52. The van der Waals surface area contributed by atoms with Crippen LogP contribution >= 0.6 is 0 Å². The van der Waals surface area contributed by atoms with Crippen LogP contribution in [0.3, 0.4) is 0 Å². The number of hydrogen-bond donors (Lipinski definition) is 0. The van der Waals surface area contributed by atoms with E-state index in [-0.39, 0.29) is 0 Å². The van der Waals surface area contributed by atoms with E-state index in [1.54, 1.807) is 0 Å². The molecule has 0 aromatic heterocycles. The summed E-state index contributed by atoms with van der Waals surface area (Å²) in [5, 5.41) is 0. The van der Waals surface area contributed by atoms with E-state index in [0.29, 0.717) is 6.04 Å². The van der Waals surface area contributed by atoms with E-state index >= 15 is 0 Å². The first-order valence-electron chi connectivity index (χ1n) is 6.93. The molecule has 0 bridgehead atoms. The van der Waals surface area contributed by atoms with Gasteiger partial charge in [0.25, 0.3) is 0 Å². The number of nitrogens with zero attached hydrogens (tertiary/aromatic N) is 1. The van der Waals surface area contributed by atoms with E-state index in [9.17, 15) is 0 Å². The van der Waals surface area contributed by atoms with E-state index < -0.39 is 0 Å². The summed E-state index contributed by atoms with van der Waals surface area (Å²) in [6, 6.07) is 17.7. The Morgan fingerprint density at radius 3 is 2.42 bits per heavy atom. The van der Waals surface area contributed by atoms with Crippen molar-refractivity contribution in [1.29, 1.82) is 0 Å². The summed E-state index contributed by atoms with van der Waals surface area (Å²) in [6.07, 6.45) is 2.22. The van der Waals surface area contributed by atoms with Crippen molar-refractivity contribution in [3.8, 4) is 0 Å². The minimum absolute atomic E-state index is 0.343. The molecule has 1 aliphatic rings. The lowest BCUT2D eigenvalue weighted by atomic mass is 10.0. The van der Waals surface area contributed by atoms with E-state index in [1.165, 1.54) is 28.0 Å². The van der Waals surface area contributed by atoms with Gasteiger partial charge in [-0.1, -0.05) is 59.7 Å². The largest absolute Gasteiger partial charge is 0.281 e. The van der Waals surface area contributed by atoms with Crippen molar-refractivity contribution in [2.24, 2.45) is 4.99 Å².